The van der Waals surface area contributed by atoms with Gasteiger partial charge in [0.1, 0.15) is 0 Å². The van der Waals surface area contributed by atoms with E-state index < -0.39 is 34.7 Å². The molecule has 7 nitrogen and oxygen atoms in total. The number of halogens is 1. The maximum Gasteiger partial charge on any atom is 0.262 e. The number of carbonyl (C=O) groups excluding carboxylic acids is 1. The molecule has 0 aliphatic carbocycles. The van der Waals surface area contributed by atoms with Gasteiger partial charge in [-0.3, -0.25) is 9.52 Å². The number of carbonyl (C=O) groups is 1. The van der Waals surface area contributed by atoms with Crippen molar-refractivity contribution in [2.24, 2.45) is 0 Å². The van der Waals surface area contributed by atoms with Gasteiger partial charge in [-0.05, 0) is 79.4 Å². The summed E-state index contributed by atoms with van der Waals surface area (Å²) in [6.07, 6.45) is 0. The smallest absolute Gasteiger partial charge is 0.262 e. The minimum atomic E-state index is -3.83. The van der Waals surface area contributed by atoms with Gasteiger partial charge in [-0.2, -0.15) is 0 Å². The summed E-state index contributed by atoms with van der Waals surface area (Å²) in [5.41, 5.74) is 2.39. The van der Waals surface area contributed by atoms with Crippen LogP contribution in [0.25, 0.3) is 11.1 Å². The molecule has 0 aliphatic heterocycles. The Balaban J connectivity index is 1.82. The Kier molecular flexibility index (Phi) is 7.67. The molecule has 4 N–H and O–H groups in total. The van der Waals surface area contributed by atoms with E-state index in [0.29, 0.717) is 27.4 Å². The first-order valence-corrected chi connectivity index (χ1v) is 12.4. The third-order valence-electron chi connectivity index (χ3n) is 5.45. The van der Waals surface area contributed by atoms with Crippen molar-refractivity contribution < 1.29 is 23.4 Å². The highest BCUT2D eigenvalue weighted by Crippen LogP contribution is 2.28. The number of aryl methyl sites for hydroxylation is 2. The van der Waals surface area contributed by atoms with Gasteiger partial charge in [-0.25, -0.2) is 8.42 Å². The topological polar surface area (TPSA) is 116 Å². The van der Waals surface area contributed by atoms with Crippen molar-refractivity contribution in [1.82, 2.24) is 5.32 Å². The lowest BCUT2D eigenvalue weighted by atomic mass is 10.0. The van der Waals surface area contributed by atoms with Crippen LogP contribution in [0.5, 0.6) is 0 Å². The molecule has 0 unspecified atom stereocenters. The van der Waals surface area contributed by atoms with Gasteiger partial charge >= 0.3 is 0 Å². The highest BCUT2D eigenvalue weighted by atomic mass is 35.5. The normalized spacial score (nSPS) is 11.8. The molecule has 0 spiro atoms. The van der Waals surface area contributed by atoms with E-state index in [0.717, 1.165) is 11.1 Å². The minimum Gasteiger partial charge on any atom is -0.394 e. The van der Waals surface area contributed by atoms with Crippen LogP contribution in [0.4, 0.5) is 5.69 Å². The van der Waals surface area contributed by atoms with Gasteiger partial charge in [-0.1, -0.05) is 35.9 Å². The van der Waals surface area contributed by atoms with Gasteiger partial charge in [0.15, 0.2) is 0 Å². The monoisotopic (exact) mass is 502 g/mol. The molecule has 0 aliphatic rings. The van der Waals surface area contributed by atoms with Crippen LogP contribution in [0.15, 0.2) is 65.6 Å². The number of aliphatic hydroxyl groups excluding tert-OH is 2. The van der Waals surface area contributed by atoms with Crippen LogP contribution in [0.2, 0.25) is 5.02 Å². The second-order valence-electron chi connectivity index (χ2n) is 8.46. The first-order chi connectivity index (χ1) is 16.0. The lowest BCUT2D eigenvalue weighted by Gasteiger charge is -2.26. The Bertz CT molecular complexity index is 1300. The van der Waals surface area contributed by atoms with Gasteiger partial charge in [-0.15, -0.1) is 0 Å². The standard InChI is InChI=1S/C25H27ClN2O5S/c1-16-12-23(17(2)11-22(16)26)34(32,33)28-21-6-4-5-20(13-21)18-7-9-19(10-8-18)24(31)27-25(3,14-29)15-30/h4-13,28-30H,14-15H2,1-3H3,(H,27,31). The maximum absolute atomic E-state index is 13.0. The number of hydrogen-bond donors (Lipinski definition) is 4. The summed E-state index contributed by atoms with van der Waals surface area (Å²) in [5.74, 6) is -0.424. The number of sulfonamides is 1. The van der Waals surface area contributed by atoms with E-state index in [2.05, 4.69) is 10.0 Å². The van der Waals surface area contributed by atoms with Crippen molar-refractivity contribution in [3.63, 3.8) is 0 Å². The molecule has 180 valence electrons. The predicted molar refractivity (Wildman–Crippen MR) is 134 cm³/mol. The first kappa shape index (κ1) is 25.7. The van der Waals surface area contributed by atoms with Crippen molar-refractivity contribution in [2.45, 2.75) is 31.2 Å². The van der Waals surface area contributed by atoms with E-state index in [9.17, 15) is 23.4 Å². The molecule has 0 heterocycles. The number of anilines is 1. The second-order valence-corrected chi connectivity index (χ2v) is 10.5. The Morgan fingerprint density at radius 3 is 2.21 bits per heavy atom. The average molecular weight is 503 g/mol. The van der Waals surface area contributed by atoms with Crippen molar-refractivity contribution in [1.29, 1.82) is 0 Å². The number of rotatable bonds is 8. The molecule has 0 fully saturated rings. The summed E-state index contributed by atoms with van der Waals surface area (Å²) in [4.78, 5) is 12.6. The zero-order chi connectivity index (χ0) is 25.1. The highest BCUT2D eigenvalue weighted by Gasteiger charge is 2.25. The number of amides is 1. The summed E-state index contributed by atoms with van der Waals surface area (Å²) in [5, 5.41) is 21.8. The molecule has 0 aromatic heterocycles. The fourth-order valence-corrected chi connectivity index (χ4v) is 4.89. The molecule has 0 bridgehead atoms. The summed E-state index contributed by atoms with van der Waals surface area (Å²) in [7, 11) is -3.83. The third kappa shape index (κ3) is 5.77. The lowest BCUT2D eigenvalue weighted by molar-refractivity contribution is 0.0724. The number of benzene rings is 3. The number of aliphatic hydroxyl groups is 2. The Morgan fingerprint density at radius 1 is 0.941 bits per heavy atom. The predicted octanol–water partition coefficient (Wildman–Crippen LogP) is 3.90. The van der Waals surface area contributed by atoms with E-state index in [1.54, 1.807) is 75.4 Å². The van der Waals surface area contributed by atoms with Gasteiger partial charge in [0.2, 0.25) is 0 Å². The second kappa shape index (κ2) is 10.1. The third-order valence-corrected chi connectivity index (χ3v) is 7.38. The molecule has 0 saturated carbocycles. The van der Waals surface area contributed by atoms with E-state index >= 15 is 0 Å². The minimum absolute atomic E-state index is 0.160. The van der Waals surface area contributed by atoms with Crippen molar-refractivity contribution >= 4 is 33.2 Å². The Hall–Kier alpha value is -2.91. The van der Waals surface area contributed by atoms with Crippen LogP contribution in [-0.2, 0) is 10.0 Å². The number of nitrogens with one attached hydrogen (secondary N) is 2. The zero-order valence-electron chi connectivity index (χ0n) is 19.1. The van der Waals surface area contributed by atoms with Crippen molar-refractivity contribution in [2.75, 3.05) is 17.9 Å². The van der Waals surface area contributed by atoms with Gasteiger partial charge in [0.05, 0.1) is 23.6 Å². The quantitative estimate of drug-likeness (QED) is 0.373. The zero-order valence-corrected chi connectivity index (χ0v) is 20.7. The van der Waals surface area contributed by atoms with Crippen LogP contribution in [-0.4, -0.2) is 43.3 Å². The van der Waals surface area contributed by atoms with Crippen LogP contribution in [0.3, 0.4) is 0 Å². The summed E-state index contributed by atoms with van der Waals surface area (Å²) in [6.45, 7) is 4.19. The average Bonchev–Trinajstić information content (AvgIpc) is 2.81. The molecule has 3 aromatic rings. The van der Waals surface area contributed by atoms with Gasteiger partial charge in [0, 0.05) is 16.3 Å². The van der Waals surface area contributed by atoms with Crippen LogP contribution >= 0.6 is 11.6 Å². The van der Waals surface area contributed by atoms with Crippen LogP contribution < -0.4 is 10.0 Å². The number of hydrogen-bond acceptors (Lipinski definition) is 5. The van der Waals surface area contributed by atoms with Crippen LogP contribution in [0, 0.1) is 13.8 Å². The molecule has 34 heavy (non-hydrogen) atoms. The summed E-state index contributed by atoms with van der Waals surface area (Å²) >= 11 is 6.10. The van der Waals surface area contributed by atoms with E-state index in [1.165, 1.54) is 0 Å². The Morgan fingerprint density at radius 2 is 1.59 bits per heavy atom. The molecular weight excluding hydrogens is 476 g/mol. The first-order valence-electron chi connectivity index (χ1n) is 10.5. The molecule has 3 aromatic carbocycles. The SMILES string of the molecule is Cc1cc(S(=O)(=O)Nc2cccc(-c3ccc(C(=O)NC(C)(CO)CO)cc3)c2)c(C)cc1Cl. The van der Waals surface area contributed by atoms with Crippen LogP contribution in [0.1, 0.15) is 28.4 Å². The van der Waals surface area contributed by atoms with Crippen molar-refractivity contribution in [3.05, 3.63) is 82.4 Å². The highest BCUT2D eigenvalue weighted by molar-refractivity contribution is 7.92. The van der Waals surface area contributed by atoms with E-state index in [4.69, 9.17) is 11.6 Å². The van der Waals surface area contributed by atoms with Crippen molar-refractivity contribution in [3.8, 4) is 11.1 Å². The molecule has 1 amide bonds. The fourth-order valence-electron chi connectivity index (χ4n) is 3.31. The Labute approximate surface area is 204 Å². The lowest BCUT2D eigenvalue weighted by Crippen LogP contribution is -2.51. The molecule has 0 radical (unpaired) electrons. The van der Waals surface area contributed by atoms with Gasteiger partial charge in [0.25, 0.3) is 15.9 Å². The molecule has 0 atom stereocenters. The molecular formula is C25H27ClN2O5S. The summed E-state index contributed by atoms with van der Waals surface area (Å²) < 4.78 is 28.6. The van der Waals surface area contributed by atoms with E-state index in [-0.39, 0.29) is 4.90 Å². The maximum atomic E-state index is 13.0. The largest absolute Gasteiger partial charge is 0.394 e. The van der Waals surface area contributed by atoms with Gasteiger partial charge < -0.3 is 15.5 Å². The summed E-state index contributed by atoms with van der Waals surface area (Å²) in [6, 6.07) is 16.8. The molecule has 9 heteroatoms. The van der Waals surface area contributed by atoms with E-state index in [1.807, 2.05) is 6.07 Å². The fraction of sp³-hybridized carbons (Fsp3) is 0.240. The molecule has 0 saturated heterocycles. The molecule has 3 rings (SSSR count).